The zero-order chi connectivity index (χ0) is 8.77. The average Bonchev–Trinajstić information content (AvgIpc) is 2.50. The fourth-order valence-electron chi connectivity index (χ4n) is 2.09. The lowest BCUT2D eigenvalue weighted by Crippen LogP contribution is -2.05. The highest BCUT2D eigenvalue weighted by molar-refractivity contribution is 5.20. The number of hydrogen-bond donors (Lipinski definition) is 2. The highest BCUT2D eigenvalue weighted by Gasteiger charge is 2.58. The number of aromatic nitrogens is 3. The lowest BCUT2D eigenvalue weighted by atomic mass is 10.1. The Bertz CT molecular complexity index is 265. The van der Waals surface area contributed by atoms with Crippen molar-refractivity contribution >= 4 is 0 Å². The fourth-order valence-corrected chi connectivity index (χ4v) is 2.09. The Morgan fingerprint density at radius 1 is 1.67 bits per heavy atom. The van der Waals surface area contributed by atoms with E-state index in [1.807, 2.05) is 0 Å². The second-order valence-corrected chi connectivity index (χ2v) is 4.01. The van der Waals surface area contributed by atoms with Crippen LogP contribution in [0.25, 0.3) is 0 Å². The molecule has 2 rings (SSSR count). The lowest BCUT2D eigenvalue weighted by Gasteiger charge is -1.97. The molecule has 0 saturated heterocycles. The van der Waals surface area contributed by atoms with Crippen LogP contribution < -0.4 is 5.73 Å². The molecule has 0 amide bonds. The van der Waals surface area contributed by atoms with Crippen LogP contribution in [0, 0.1) is 11.3 Å². The predicted molar refractivity (Wildman–Crippen MR) is 45.4 cm³/mol. The van der Waals surface area contributed by atoms with Crippen LogP contribution in [-0.4, -0.2) is 21.7 Å². The van der Waals surface area contributed by atoms with Crippen LogP contribution in [0.4, 0.5) is 0 Å². The number of nitrogens with zero attached hydrogens (tertiary/aromatic N) is 2. The van der Waals surface area contributed by atoms with E-state index in [0.717, 1.165) is 12.4 Å². The van der Waals surface area contributed by atoms with E-state index < -0.39 is 0 Å². The predicted octanol–water partition coefficient (Wildman–Crippen LogP) is 0.503. The van der Waals surface area contributed by atoms with Crippen molar-refractivity contribution in [3.8, 4) is 0 Å². The van der Waals surface area contributed by atoms with E-state index in [1.54, 1.807) is 6.33 Å². The summed E-state index contributed by atoms with van der Waals surface area (Å²) in [5.74, 6) is 2.02. The quantitative estimate of drug-likeness (QED) is 0.672. The van der Waals surface area contributed by atoms with Gasteiger partial charge >= 0.3 is 0 Å². The zero-order valence-corrected chi connectivity index (χ0v) is 7.41. The minimum Gasteiger partial charge on any atom is -0.330 e. The van der Waals surface area contributed by atoms with Crippen LogP contribution in [0.15, 0.2) is 6.33 Å². The third-order valence-electron chi connectivity index (χ3n) is 3.03. The molecular formula is C8H14N4. The van der Waals surface area contributed by atoms with Gasteiger partial charge < -0.3 is 5.73 Å². The molecule has 4 heteroatoms. The van der Waals surface area contributed by atoms with Crippen LogP contribution in [0.3, 0.4) is 0 Å². The van der Waals surface area contributed by atoms with Gasteiger partial charge in [-0.25, -0.2) is 4.98 Å². The summed E-state index contributed by atoms with van der Waals surface area (Å²) >= 11 is 0. The first-order valence-corrected chi connectivity index (χ1v) is 4.23. The van der Waals surface area contributed by atoms with Crippen LogP contribution in [0.2, 0.25) is 0 Å². The Morgan fingerprint density at radius 3 is 2.83 bits per heavy atom. The second-order valence-electron chi connectivity index (χ2n) is 4.01. The monoisotopic (exact) mass is 166 g/mol. The van der Waals surface area contributed by atoms with E-state index in [1.165, 1.54) is 0 Å². The highest BCUT2D eigenvalue weighted by Crippen LogP contribution is 2.62. The molecule has 1 aromatic rings. The van der Waals surface area contributed by atoms with Crippen molar-refractivity contribution in [1.82, 2.24) is 15.2 Å². The van der Waals surface area contributed by atoms with Gasteiger partial charge in [0.15, 0.2) is 0 Å². The number of rotatable bonds is 2. The molecule has 3 N–H and O–H groups in total. The lowest BCUT2D eigenvalue weighted by molar-refractivity contribution is 0.556. The molecule has 0 radical (unpaired) electrons. The Kier molecular flexibility index (Phi) is 1.48. The molecule has 0 aromatic carbocycles. The van der Waals surface area contributed by atoms with E-state index in [-0.39, 0.29) is 0 Å². The summed E-state index contributed by atoms with van der Waals surface area (Å²) in [6.45, 7) is 5.17. The maximum atomic E-state index is 5.64. The fraction of sp³-hybridized carbons (Fsp3) is 0.750. The molecule has 0 bridgehead atoms. The number of hydrogen-bond acceptors (Lipinski definition) is 3. The van der Waals surface area contributed by atoms with Gasteiger partial charge in [0.2, 0.25) is 0 Å². The van der Waals surface area contributed by atoms with Crippen molar-refractivity contribution in [3.63, 3.8) is 0 Å². The van der Waals surface area contributed by atoms with Gasteiger partial charge in [-0.3, -0.25) is 5.10 Å². The maximum Gasteiger partial charge on any atom is 0.137 e. The largest absolute Gasteiger partial charge is 0.330 e. The van der Waals surface area contributed by atoms with Gasteiger partial charge in [-0.05, 0) is 17.9 Å². The van der Waals surface area contributed by atoms with Crippen LogP contribution in [0.5, 0.6) is 0 Å². The molecule has 0 unspecified atom stereocenters. The molecule has 0 spiro atoms. The van der Waals surface area contributed by atoms with E-state index in [0.29, 0.717) is 17.3 Å². The molecule has 4 nitrogen and oxygen atoms in total. The minimum absolute atomic E-state index is 0.300. The van der Waals surface area contributed by atoms with Crippen molar-refractivity contribution in [3.05, 3.63) is 12.2 Å². The van der Waals surface area contributed by atoms with Gasteiger partial charge in [-0.1, -0.05) is 13.8 Å². The standard InChI is InChI=1S/C8H14N4/c1-8(2)5(3-9)6(8)7-10-4-11-12-7/h4-6H,3,9H2,1-2H3,(H,10,11,12)/t5-,6+/m0/s1. The normalized spacial score (nSPS) is 31.9. The molecule has 1 aliphatic rings. The van der Waals surface area contributed by atoms with Gasteiger partial charge in [0.25, 0.3) is 0 Å². The van der Waals surface area contributed by atoms with Crippen molar-refractivity contribution in [2.24, 2.45) is 17.1 Å². The van der Waals surface area contributed by atoms with Gasteiger partial charge in [0.1, 0.15) is 12.2 Å². The van der Waals surface area contributed by atoms with Crippen LogP contribution >= 0.6 is 0 Å². The molecule has 1 aliphatic carbocycles. The van der Waals surface area contributed by atoms with Gasteiger partial charge in [-0.2, -0.15) is 5.10 Å². The second kappa shape index (κ2) is 2.29. The van der Waals surface area contributed by atoms with Crippen molar-refractivity contribution in [2.75, 3.05) is 6.54 Å². The van der Waals surface area contributed by atoms with Crippen molar-refractivity contribution in [1.29, 1.82) is 0 Å². The van der Waals surface area contributed by atoms with Crippen molar-refractivity contribution in [2.45, 2.75) is 19.8 Å². The first kappa shape index (κ1) is 7.73. The van der Waals surface area contributed by atoms with E-state index in [2.05, 4.69) is 29.0 Å². The summed E-state index contributed by atoms with van der Waals surface area (Å²) in [5, 5.41) is 6.74. The Morgan fingerprint density at radius 2 is 2.42 bits per heavy atom. The Hall–Kier alpha value is -0.900. The summed E-state index contributed by atoms with van der Waals surface area (Å²) in [6, 6.07) is 0. The first-order chi connectivity index (χ1) is 5.68. The number of aromatic amines is 1. The SMILES string of the molecule is CC1(C)[C@@H](CN)[C@@H]1c1ncn[nH]1. The third kappa shape index (κ3) is 0.876. The molecule has 12 heavy (non-hydrogen) atoms. The first-order valence-electron chi connectivity index (χ1n) is 4.23. The molecule has 66 valence electrons. The molecule has 1 saturated carbocycles. The van der Waals surface area contributed by atoms with E-state index in [9.17, 15) is 0 Å². The minimum atomic E-state index is 0.300. The molecule has 2 atom stereocenters. The van der Waals surface area contributed by atoms with Crippen molar-refractivity contribution < 1.29 is 0 Å². The molecule has 1 heterocycles. The van der Waals surface area contributed by atoms with Gasteiger partial charge in [-0.15, -0.1) is 0 Å². The third-order valence-corrected chi connectivity index (χ3v) is 3.03. The number of nitrogens with one attached hydrogen (secondary N) is 1. The average molecular weight is 166 g/mol. The van der Waals surface area contributed by atoms with Crippen LogP contribution in [0.1, 0.15) is 25.6 Å². The van der Waals surface area contributed by atoms with E-state index in [4.69, 9.17) is 5.73 Å². The number of nitrogens with two attached hydrogens (primary N) is 1. The molecule has 1 aromatic heterocycles. The Balaban J connectivity index is 2.19. The maximum absolute atomic E-state index is 5.64. The summed E-state index contributed by atoms with van der Waals surface area (Å²) < 4.78 is 0. The summed E-state index contributed by atoms with van der Waals surface area (Å²) in [6.07, 6.45) is 1.55. The van der Waals surface area contributed by atoms with Crippen LogP contribution in [-0.2, 0) is 0 Å². The van der Waals surface area contributed by atoms with E-state index >= 15 is 0 Å². The zero-order valence-electron chi connectivity index (χ0n) is 7.41. The summed E-state index contributed by atoms with van der Waals surface area (Å²) in [7, 11) is 0. The smallest absolute Gasteiger partial charge is 0.137 e. The van der Waals surface area contributed by atoms with Gasteiger partial charge in [0, 0.05) is 5.92 Å². The number of H-pyrrole nitrogens is 1. The molecule has 0 aliphatic heterocycles. The summed E-state index contributed by atoms with van der Waals surface area (Å²) in [4.78, 5) is 4.15. The summed E-state index contributed by atoms with van der Waals surface area (Å²) in [5.41, 5.74) is 5.94. The Labute approximate surface area is 71.6 Å². The molecule has 1 fully saturated rings. The highest BCUT2D eigenvalue weighted by atomic mass is 15.2. The molecular weight excluding hydrogens is 152 g/mol. The van der Waals surface area contributed by atoms with Gasteiger partial charge in [0.05, 0.1) is 0 Å². The topological polar surface area (TPSA) is 67.6 Å².